The van der Waals surface area contributed by atoms with Crippen LogP contribution in [0.4, 0.5) is 0 Å². The van der Waals surface area contributed by atoms with Crippen molar-refractivity contribution >= 4 is 5.97 Å². The largest absolute Gasteiger partial charge is 0.477 e. The number of rotatable bonds is 2. The monoisotopic (exact) mass is 208 g/mol. The minimum Gasteiger partial charge on any atom is -0.477 e. The molecular formula is C11H16N2O2. The Morgan fingerprint density at radius 3 is 2.80 bits per heavy atom. The van der Waals surface area contributed by atoms with Crippen molar-refractivity contribution in [2.24, 2.45) is 0 Å². The molecule has 2 rings (SSSR count). The highest BCUT2D eigenvalue weighted by atomic mass is 16.4. The van der Waals surface area contributed by atoms with Gasteiger partial charge in [-0.2, -0.15) is 0 Å². The van der Waals surface area contributed by atoms with Gasteiger partial charge in [0.05, 0.1) is 5.69 Å². The summed E-state index contributed by atoms with van der Waals surface area (Å²) in [4.78, 5) is 15.7. The third-order valence-electron chi connectivity index (χ3n) is 2.86. The first-order valence-corrected chi connectivity index (χ1v) is 5.44. The van der Waals surface area contributed by atoms with E-state index in [-0.39, 0.29) is 5.92 Å². The summed E-state index contributed by atoms with van der Waals surface area (Å²) in [5.74, 6) is 0.274. The molecule has 2 heterocycles. The van der Waals surface area contributed by atoms with E-state index in [0.29, 0.717) is 5.69 Å². The van der Waals surface area contributed by atoms with E-state index in [0.717, 1.165) is 37.3 Å². The number of hydrogen-bond acceptors (Lipinski definition) is 2. The first-order chi connectivity index (χ1) is 7.11. The van der Waals surface area contributed by atoms with Gasteiger partial charge in [-0.1, -0.05) is 13.8 Å². The van der Waals surface area contributed by atoms with Gasteiger partial charge in [-0.3, -0.25) is 0 Å². The summed E-state index contributed by atoms with van der Waals surface area (Å²) in [5, 5.41) is 9.20. The lowest BCUT2D eigenvalue weighted by molar-refractivity contribution is 0.0682. The van der Waals surface area contributed by atoms with E-state index < -0.39 is 5.97 Å². The fraction of sp³-hybridized carbons (Fsp3) is 0.636. The van der Waals surface area contributed by atoms with Crippen molar-refractivity contribution in [1.29, 1.82) is 0 Å². The summed E-state index contributed by atoms with van der Waals surface area (Å²) < 4.78 is 1.88. The second-order valence-electron chi connectivity index (χ2n) is 4.33. The fourth-order valence-corrected chi connectivity index (χ4v) is 2.13. The highest BCUT2D eigenvalue weighted by Crippen LogP contribution is 2.24. The molecule has 0 radical (unpaired) electrons. The van der Waals surface area contributed by atoms with Crippen LogP contribution in [0.1, 0.15) is 54.6 Å². The highest BCUT2D eigenvalue weighted by molar-refractivity contribution is 5.87. The molecule has 4 nitrogen and oxygen atoms in total. The Morgan fingerprint density at radius 2 is 2.20 bits per heavy atom. The van der Waals surface area contributed by atoms with Gasteiger partial charge in [-0.05, 0) is 18.8 Å². The van der Waals surface area contributed by atoms with E-state index in [4.69, 9.17) is 0 Å². The van der Waals surface area contributed by atoms with Crippen LogP contribution in [0.25, 0.3) is 0 Å². The van der Waals surface area contributed by atoms with Gasteiger partial charge in [0, 0.05) is 13.0 Å². The lowest BCUT2D eigenvalue weighted by Crippen LogP contribution is -2.16. The van der Waals surface area contributed by atoms with Crippen LogP contribution in [0.15, 0.2) is 0 Å². The molecular weight excluding hydrogens is 192 g/mol. The molecule has 1 aromatic rings. The van der Waals surface area contributed by atoms with Crippen molar-refractivity contribution in [3.63, 3.8) is 0 Å². The maximum absolute atomic E-state index is 11.2. The quantitative estimate of drug-likeness (QED) is 0.809. The topological polar surface area (TPSA) is 55.1 Å². The van der Waals surface area contributed by atoms with Gasteiger partial charge in [-0.15, -0.1) is 0 Å². The molecule has 0 fully saturated rings. The smallest absolute Gasteiger partial charge is 0.354 e. The third-order valence-corrected chi connectivity index (χ3v) is 2.86. The van der Waals surface area contributed by atoms with Gasteiger partial charge < -0.3 is 9.67 Å². The Bertz CT molecular complexity index is 394. The lowest BCUT2D eigenvalue weighted by Gasteiger charge is -2.14. The number of hydrogen-bond donors (Lipinski definition) is 1. The predicted molar refractivity (Wildman–Crippen MR) is 56.2 cm³/mol. The second-order valence-corrected chi connectivity index (χ2v) is 4.33. The Hall–Kier alpha value is -1.32. The maximum Gasteiger partial charge on any atom is 0.354 e. The van der Waals surface area contributed by atoms with E-state index in [1.165, 1.54) is 0 Å². The second kappa shape index (κ2) is 3.68. The van der Waals surface area contributed by atoms with Crippen molar-refractivity contribution in [1.82, 2.24) is 9.55 Å². The molecule has 0 bridgehead atoms. The molecule has 82 valence electrons. The number of nitrogens with zero attached hydrogens (tertiary/aromatic N) is 2. The Kier molecular flexibility index (Phi) is 2.50. The molecule has 0 unspecified atom stereocenters. The van der Waals surface area contributed by atoms with Crippen molar-refractivity contribution < 1.29 is 9.90 Å². The molecule has 15 heavy (non-hydrogen) atoms. The van der Waals surface area contributed by atoms with Crippen molar-refractivity contribution in [3.8, 4) is 0 Å². The summed E-state index contributed by atoms with van der Waals surface area (Å²) in [6.45, 7) is 4.78. The Labute approximate surface area is 88.9 Å². The van der Waals surface area contributed by atoms with Gasteiger partial charge in [0.25, 0.3) is 0 Å². The first kappa shape index (κ1) is 10.2. The van der Waals surface area contributed by atoms with Crippen molar-refractivity contribution in [3.05, 3.63) is 17.2 Å². The summed E-state index contributed by atoms with van der Waals surface area (Å²) in [7, 11) is 0. The van der Waals surface area contributed by atoms with E-state index >= 15 is 0 Å². The van der Waals surface area contributed by atoms with E-state index in [1.807, 2.05) is 18.4 Å². The minimum atomic E-state index is -0.848. The van der Waals surface area contributed by atoms with Crippen LogP contribution in [-0.2, 0) is 13.0 Å². The molecule has 0 aromatic carbocycles. The standard InChI is InChI=1S/C11H16N2O2/c1-7(2)9-10(11(14)15)13-6-4-3-5-8(13)12-9/h7H,3-6H2,1-2H3,(H,14,15). The zero-order chi connectivity index (χ0) is 11.0. The number of carboxylic acids is 1. The molecule has 0 atom stereocenters. The molecule has 0 aliphatic carbocycles. The van der Waals surface area contributed by atoms with Gasteiger partial charge >= 0.3 is 5.97 Å². The average molecular weight is 208 g/mol. The third kappa shape index (κ3) is 1.64. The Morgan fingerprint density at radius 1 is 1.47 bits per heavy atom. The summed E-state index contributed by atoms with van der Waals surface area (Å²) >= 11 is 0. The van der Waals surface area contributed by atoms with Gasteiger partial charge in [-0.25, -0.2) is 9.78 Å². The van der Waals surface area contributed by atoms with Crippen LogP contribution in [0, 0.1) is 0 Å². The number of fused-ring (bicyclic) bond motifs is 1. The maximum atomic E-state index is 11.2. The lowest BCUT2D eigenvalue weighted by atomic mass is 10.1. The summed E-state index contributed by atoms with van der Waals surface area (Å²) in [5.41, 5.74) is 1.14. The highest BCUT2D eigenvalue weighted by Gasteiger charge is 2.25. The van der Waals surface area contributed by atoms with Crippen LogP contribution in [0.5, 0.6) is 0 Å². The fourth-order valence-electron chi connectivity index (χ4n) is 2.13. The molecule has 1 aromatic heterocycles. The van der Waals surface area contributed by atoms with Crippen molar-refractivity contribution in [2.45, 2.75) is 45.6 Å². The van der Waals surface area contributed by atoms with Gasteiger partial charge in [0.15, 0.2) is 5.69 Å². The van der Waals surface area contributed by atoms with E-state index in [1.54, 1.807) is 0 Å². The molecule has 1 N–H and O–H groups in total. The van der Waals surface area contributed by atoms with Crippen LogP contribution < -0.4 is 0 Å². The molecule has 1 aliphatic rings. The van der Waals surface area contributed by atoms with Crippen LogP contribution in [-0.4, -0.2) is 20.6 Å². The normalized spacial score (nSPS) is 15.4. The minimum absolute atomic E-state index is 0.175. The SMILES string of the molecule is CC(C)c1nc2n(c1C(=O)O)CCCC2. The Balaban J connectivity index is 2.56. The number of imidazole rings is 1. The van der Waals surface area contributed by atoms with E-state index in [2.05, 4.69) is 4.98 Å². The van der Waals surface area contributed by atoms with Crippen LogP contribution >= 0.6 is 0 Å². The number of carbonyl (C=O) groups is 1. The van der Waals surface area contributed by atoms with Crippen LogP contribution in [0.2, 0.25) is 0 Å². The summed E-state index contributed by atoms with van der Waals surface area (Å²) in [6, 6.07) is 0. The number of aromatic carboxylic acids is 1. The summed E-state index contributed by atoms with van der Waals surface area (Å²) in [6.07, 6.45) is 3.09. The molecule has 0 saturated carbocycles. The first-order valence-electron chi connectivity index (χ1n) is 5.44. The van der Waals surface area contributed by atoms with Gasteiger partial charge in [0.1, 0.15) is 5.82 Å². The number of aromatic nitrogens is 2. The zero-order valence-electron chi connectivity index (χ0n) is 9.16. The molecule has 1 aliphatic heterocycles. The zero-order valence-corrected chi connectivity index (χ0v) is 9.16. The molecule has 0 amide bonds. The van der Waals surface area contributed by atoms with Crippen LogP contribution in [0.3, 0.4) is 0 Å². The molecule has 0 saturated heterocycles. The van der Waals surface area contributed by atoms with Crippen molar-refractivity contribution in [2.75, 3.05) is 0 Å². The number of aryl methyl sites for hydroxylation is 1. The molecule has 4 heteroatoms. The average Bonchev–Trinajstić information content (AvgIpc) is 2.56. The molecule has 0 spiro atoms. The van der Waals surface area contributed by atoms with Gasteiger partial charge in [0.2, 0.25) is 0 Å². The van der Waals surface area contributed by atoms with E-state index in [9.17, 15) is 9.90 Å². The predicted octanol–water partition coefficient (Wildman–Crippen LogP) is 2.04. The number of carboxylic acid groups (broad SMARTS) is 1.